The van der Waals surface area contributed by atoms with Crippen LogP contribution in [0.1, 0.15) is 36.1 Å². The van der Waals surface area contributed by atoms with E-state index in [0.717, 1.165) is 27.9 Å². The molecule has 2 rings (SSSR count). The first kappa shape index (κ1) is 15.6. The molecule has 1 N–H and O–H groups in total. The molecule has 0 bridgehead atoms. The molecule has 3 heteroatoms. The highest BCUT2D eigenvalue weighted by molar-refractivity contribution is 9.10. The fraction of sp³-hybridized carbons (Fsp3) is 0.294. The molecule has 0 radical (unpaired) electrons. The maximum Gasteiger partial charge on any atom is 0.0589 e. The third-order valence-corrected chi connectivity index (χ3v) is 4.21. The molecule has 1 unspecified atom stereocenters. The Labute approximate surface area is 134 Å². The van der Waals surface area contributed by atoms with E-state index >= 15 is 0 Å². The lowest BCUT2D eigenvalue weighted by atomic mass is 9.96. The zero-order chi connectivity index (χ0) is 14.5. The number of aryl methyl sites for hydroxylation is 1. The Morgan fingerprint density at radius 1 is 1.20 bits per heavy atom. The van der Waals surface area contributed by atoms with Crippen molar-refractivity contribution >= 4 is 27.5 Å². The van der Waals surface area contributed by atoms with Gasteiger partial charge in [-0.15, -0.1) is 0 Å². The van der Waals surface area contributed by atoms with E-state index in [1.165, 1.54) is 11.1 Å². The number of hydrogen-bond acceptors (Lipinski definition) is 1. The van der Waals surface area contributed by atoms with E-state index in [1.807, 2.05) is 19.2 Å². The van der Waals surface area contributed by atoms with Crippen molar-refractivity contribution in [2.45, 2.75) is 25.8 Å². The smallest absolute Gasteiger partial charge is 0.0589 e. The van der Waals surface area contributed by atoms with Crippen LogP contribution in [0.2, 0.25) is 5.02 Å². The lowest BCUT2D eigenvalue weighted by Crippen LogP contribution is -2.18. The van der Waals surface area contributed by atoms with E-state index in [-0.39, 0.29) is 6.04 Å². The second-order valence-corrected chi connectivity index (χ2v) is 6.21. The first-order chi connectivity index (χ1) is 9.65. The molecule has 0 spiro atoms. The van der Waals surface area contributed by atoms with Crippen molar-refractivity contribution in [3.63, 3.8) is 0 Å². The van der Waals surface area contributed by atoms with Gasteiger partial charge in [0.2, 0.25) is 0 Å². The van der Waals surface area contributed by atoms with Crippen LogP contribution in [0.5, 0.6) is 0 Å². The summed E-state index contributed by atoms with van der Waals surface area (Å²) in [7, 11) is 1.97. The molecule has 106 valence electrons. The summed E-state index contributed by atoms with van der Waals surface area (Å²) in [5.41, 5.74) is 3.73. The molecule has 0 aromatic heterocycles. The molecule has 0 fully saturated rings. The summed E-state index contributed by atoms with van der Waals surface area (Å²) in [6.45, 7) is 2.20. The first-order valence-electron chi connectivity index (χ1n) is 6.86. The van der Waals surface area contributed by atoms with Crippen LogP contribution in [0.25, 0.3) is 0 Å². The number of rotatable bonds is 5. The summed E-state index contributed by atoms with van der Waals surface area (Å²) in [4.78, 5) is 0. The maximum absolute atomic E-state index is 6.38. The van der Waals surface area contributed by atoms with E-state index in [9.17, 15) is 0 Å². The summed E-state index contributed by atoms with van der Waals surface area (Å²) in [6.07, 6.45) is 2.27. The van der Waals surface area contributed by atoms with Gasteiger partial charge in [0.15, 0.2) is 0 Å². The molecule has 0 aliphatic heterocycles. The van der Waals surface area contributed by atoms with E-state index < -0.39 is 0 Å². The molecule has 2 aromatic rings. The van der Waals surface area contributed by atoms with Crippen LogP contribution < -0.4 is 5.32 Å². The Balaban J connectivity index is 2.38. The van der Waals surface area contributed by atoms with Gasteiger partial charge in [-0.3, -0.25) is 0 Å². The van der Waals surface area contributed by atoms with E-state index in [0.29, 0.717) is 0 Å². The van der Waals surface area contributed by atoms with Crippen molar-refractivity contribution in [3.05, 3.63) is 68.7 Å². The quantitative estimate of drug-likeness (QED) is 0.763. The van der Waals surface area contributed by atoms with Crippen LogP contribution in [-0.2, 0) is 6.42 Å². The minimum Gasteiger partial charge on any atom is -0.309 e. The molecule has 0 aliphatic carbocycles. The van der Waals surface area contributed by atoms with Gasteiger partial charge in [0, 0.05) is 9.50 Å². The van der Waals surface area contributed by atoms with Gasteiger partial charge in [0.25, 0.3) is 0 Å². The van der Waals surface area contributed by atoms with Crippen LogP contribution in [0.15, 0.2) is 46.9 Å². The lowest BCUT2D eigenvalue weighted by Gasteiger charge is -2.19. The molecule has 0 aliphatic rings. The van der Waals surface area contributed by atoms with Crippen LogP contribution in [0.3, 0.4) is 0 Å². The van der Waals surface area contributed by atoms with Crippen molar-refractivity contribution in [3.8, 4) is 0 Å². The lowest BCUT2D eigenvalue weighted by molar-refractivity contribution is 0.690. The van der Waals surface area contributed by atoms with Crippen molar-refractivity contribution in [1.29, 1.82) is 0 Å². The average molecular weight is 353 g/mol. The van der Waals surface area contributed by atoms with Gasteiger partial charge in [-0.05, 0) is 42.3 Å². The van der Waals surface area contributed by atoms with E-state index in [1.54, 1.807) is 0 Å². The van der Waals surface area contributed by atoms with Crippen molar-refractivity contribution in [2.75, 3.05) is 7.05 Å². The zero-order valence-corrected chi connectivity index (χ0v) is 14.1. The Morgan fingerprint density at radius 2 is 2.00 bits per heavy atom. The Bertz CT molecular complexity index is 583. The summed E-state index contributed by atoms with van der Waals surface area (Å²) >= 11 is 9.83. The molecule has 0 saturated heterocycles. The third-order valence-electron chi connectivity index (χ3n) is 3.39. The first-order valence-corrected chi connectivity index (χ1v) is 8.04. The molecular weight excluding hydrogens is 334 g/mol. The van der Waals surface area contributed by atoms with Crippen molar-refractivity contribution < 1.29 is 0 Å². The van der Waals surface area contributed by atoms with Crippen molar-refractivity contribution in [2.24, 2.45) is 0 Å². The van der Waals surface area contributed by atoms with Gasteiger partial charge < -0.3 is 5.32 Å². The minimum absolute atomic E-state index is 0.118. The normalized spacial score (nSPS) is 12.4. The highest BCUT2D eigenvalue weighted by Crippen LogP contribution is 2.30. The van der Waals surface area contributed by atoms with E-state index in [2.05, 4.69) is 58.5 Å². The Morgan fingerprint density at radius 3 is 2.65 bits per heavy atom. The molecule has 20 heavy (non-hydrogen) atoms. The summed E-state index contributed by atoms with van der Waals surface area (Å²) in [5.74, 6) is 0. The highest BCUT2D eigenvalue weighted by atomic mass is 79.9. The number of nitrogens with one attached hydrogen (secondary N) is 1. The molecule has 0 amide bonds. The molecular formula is C17H19BrClN. The molecule has 0 saturated carbocycles. The van der Waals surface area contributed by atoms with Gasteiger partial charge in [-0.25, -0.2) is 0 Å². The third kappa shape index (κ3) is 3.63. The zero-order valence-electron chi connectivity index (χ0n) is 11.8. The predicted octanol–water partition coefficient (Wildman–Crippen LogP) is 5.36. The Hall–Kier alpha value is -0.830. The average Bonchev–Trinajstić information content (AvgIpc) is 2.43. The summed E-state index contributed by atoms with van der Waals surface area (Å²) < 4.78 is 1.00. The van der Waals surface area contributed by atoms with Crippen molar-refractivity contribution in [1.82, 2.24) is 5.32 Å². The number of hydrogen-bond donors (Lipinski definition) is 1. The highest BCUT2D eigenvalue weighted by Gasteiger charge is 2.15. The molecule has 1 atom stereocenters. The maximum atomic E-state index is 6.38. The van der Waals surface area contributed by atoms with E-state index in [4.69, 9.17) is 11.6 Å². The summed E-state index contributed by atoms with van der Waals surface area (Å²) in [5, 5.41) is 4.14. The predicted molar refractivity (Wildman–Crippen MR) is 90.5 cm³/mol. The Kier molecular flexibility index (Phi) is 5.64. The number of benzene rings is 2. The van der Waals surface area contributed by atoms with Crippen LogP contribution in [0.4, 0.5) is 0 Å². The standard InChI is InChI=1S/C17H19BrClN/c1-3-5-12-6-4-7-13(10-12)17(20-2)15-9-8-14(18)11-16(15)19/h4,6-11,17,20H,3,5H2,1-2H3. The minimum atomic E-state index is 0.118. The molecule has 0 heterocycles. The monoisotopic (exact) mass is 351 g/mol. The van der Waals surface area contributed by atoms with Crippen LogP contribution >= 0.6 is 27.5 Å². The van der Waals surface area contributed by atoms with Gasteiger partial charge in [0.1, 0.15) is 0 Å². The SMILES string of the molecule is CCCc1cccc(C(NC)c2ccc(Br)cc2Cl)c1. The second-order valence-electron chi connectivity index (χ2n) is 4.88. The van der Waals surface area contributed by atoms with Gasteiger partial charge in [-0.2, -0.15) is 0 Å². The van der Waals surface area contributed by atoms with Gasteiger partial charge in [0.05, 0.1) is 6.04 Å². The molecule has 1 nitrogen and oxygen atoms in total. The topological polar surface area (TPSA) is 12.0 Å². The fourth-order valence-corrected chi connectivity index (χ4v) is 3.24. The number of halogens is 2. The molecule has 2 aromatic carbocycles. The van der Waals surface area contributed by atoms with Crippen LogP contribution in [0, 0.1) is 0 Å². The van der Waals surface area contributed by atoms with Crippen LogP contribution in [-0.4, -0.2) is 7.05 Å². The largest absolute Gasteiger partial charge is 0.309 e. The van der Waals surface area contributed by atoms with Gasteiger partial charge in [-0.1, -0.05) is 71.2 Å². The van der Waals surface area contributed by atoms with Gasteiger partial charge >= 0.3 is 0 Å². The fourth-order valence-electron chi connectivity index (χ4n) is 2.45. The summed E-state index contributed by atoms with van der Waals surface area (Å²) in [6, 6.07) is 14.9. The second kappa shape index (κ2) is 7.26.